The van der Waals surface area contributed by atoms with Crippen molar-refractivity contribution < 1.29 is 0 Å². The number of hydrogen-bond donors (Lipinski definition) is 0. The quantitative estimate of drug-likeness (QED) is 0.513. The molecular weight excluding hydrogens is 138 g/mol. The van der Waals surface area contributed by atoms with Crippen LogP contribution in [0, 0.1) is 0 Å². The molecule has 1 aromatic heterocycles. The Morgan fingerprint density at radius 1 is 1.18 bits per heavy atom. The zero-order valence-electron chi connectivity index (χ0n) is 6.65. The van der Waals surface area contributed by atoms with E-state index in [0.717, 1.165) is 11.5 Å². The van der Waals surface area contributed by atoms with Crippen LogP contribution in [0.15, 0.2) is 18.6 Å². The molecule has 1 aromatic rings. The minimum atomic E-state index is 0.698. The van der Waals surface area contributed by atoms with Crippen molar-refractivity contribution in [3.05, 3.63) is 24.3 Å². The molecule has 0 radical (unpaired) electrons. The largest absolute Gasteiger partial charge is 0.258 e. The van der Waals surface area contributed by atoms with Crippen LogP contribution in [0.3, 0.4) is 0 Å². The molecule has 0 aliphatic carbocycles. The van der Waals surface area contributed by atoms with Gasteiger partial charge in [-0.15, -0.1) is 0 Å². The van der Waals surface area contributed by atoms with E-state index in [2.05, 4.69) is 30.3 Å². The number of quaternary nitrogens is 1. The highest BCUT2D eigenvalue weighted by Crippen LogP contribution is 2.26. The molecule has 3 nitrogen and oxygen atoms in total. The Hall–Kier alpha value is -1.22. The Bertz CT molecular complexity index is 315. The number of rotatable bonds is 0. The van der Waals surface area contributed by atoms with Gasteiger partial charge in [-0.05, 0) is 0 Å². The Morgan fingerprint density at radius 2 is 1.91 bits per heavy atom. The third-order valence-electron chi connectivity index (χ3n) is 1.86. The normalized spacial score (nSPS) is 18.4. The SMILES string of the molecule is C[N+]1(C)C=Cc2nccnc21. The zero-order chi connectivity index (χ0) is 7.90. The van der Waals surface area contributed by atoms with E-state index in [-0.39, 0.29) is 0 Å². The lowest BCUT2D eigenvalue weighted by Crippen LogP contribution is -2.32. The van der Waals surface area contributed by atoms with Gasteiger partial charge in [0.2, 0.25) is 0 Å². The van der Waals surface area contributed by atoms with Crippen LogP contribution in [0.1, 0.15) is 5.69 Å². The summed E-state index contributed by atoms with van der Waals surface area (Å²) in [7, 11) is 4.16. The molecule has 1 aliphatic rings. The fourth-order valence-electron chi connectivity index (χ4n) is 1.23. The van der Waals surface area contributed by atoms with Gasteiger partial charge in [-0.25, -0.2) is 9.97 Å². The number of nitrogens with zero attached hydrogens (tertiary/aromatic N) is 3. The first-order valence-electron chi connectivity index (χ1n) is 3.55. The maximum atomic E-state index is 4.26. The second-order valence-corrected chi connectivity index (χ2v) is 3.12. The lowest BCUT2D eigenvalue weighted by molar-refractivity contribution is 0.534. The summed E-state index contributed by atoms with van der Waals surface area (Å²) < 4.78 is 0.698. The summed E-state index contributed by atoms with van der Waals surface area (Å²) >= 11 is 0. The first-order valence-corrected chi connectivity index (χ1v) is 3.55. The van der Waals surface area contributed by atoms with Gasteiger partial charge in [0.25, 0.3) is 5.82 Å². The molecule has 2 rings (SSSR count). The van der Waals surface area contributed by atoms with E-state index in [0.29, 0.717) is 4.48 Å². The van der Waals surface area contributed by atoms with Crippen molar-refractivity contribution in [2.75, 3.05) is 14.1 Å². The number of fused-ring (bicyclic) bond motifs is 1. The van der Waals surface area contributed by atoms with Crippen molar-refractivity contribution in [3.8, 4) is 0 Å². The van der Waals surface area contributed by atoms with E-state index in [4.69, 9.17) is 0 Å². The van der Waals surface area contributed by atoms with Crippen molar-refractivity contribution in [2.45, 2.75) is 0 Å². The van der Waals surface area contributed by atoms with Crippen molar-refractivity contribution in [1.29, 1.82) is 0 Å². The van der Waals surface area contributed by atoms with Crippen LogP contribution < -0.4 is 4.48 Å². The van der Waals surface area contributed by atoms with Gasteiger partial charge in [0, 0.05) is 12.3 Å². The van der Waals surface area contributed by atoms with Gasteiger partial charge in [0.1, 0.15) is 6.20 Å². The van der Waals surface area contributed by atoms with Crippen molar-refractivity contribution in [1.82, 2.24) is 14.5 Å². The van der Waals surface area contributed by atoms with Crippen LogP contribution in [0.25, 0.3) is 6.08 Å². The van der Waals surface area contributed by atoms with E-state index in [1.54, 1.807) is 12.4 Å². The molecule has 56 valence electrons. The van der Waals surface area contributed by atoms with Gasteiger partial charge in [-0.3, -0.25) is 4.48 Å². The lowest BCUT2D eigenvalue weighted by Gasteiger charge is -2.18. The molecular formula is C8H10N3+. The molecule has 11 heavy (non-hydrogen) atoms. The first-order chi connectivity index (χ1) is 5.20. The Labute approximate surface area is 65.6 Å². The summed E-state index contributed by atoms with van der Waals surface area (Å²) in [6, 6.07) is 0. The zero-order valence-corrected chi connectivity index (χ0v) is 6.65. The van der Waals surface area contributed by atoms with Crippen LogP contribution in [-0.2, 0) is 0 Å². The summed E-state index contributed by atoms with van der Waals surface area (Å²) in [6.07, 6.45) is 7.52. The summed E-state index contributed by atoms with van der Waals surface area (Å²) in [5, 5.41) is 0. The fraction of sp³-hybridized carbons (Fsp3) is 0.250. The second kappa shape index (κ2) is 1.89. The highest BCUT2D eigenvalue weighted by Gasteiger charge is 2.27. The molecule has 0 atom stereocenters. The molecule has 0 bridgehead atoms. The van der Waals surface area contributed by atoms with Crippen molar-refractivity contribution in [3.63, 3.8) is 0 Å². The third kappa shape index (κ3) is 0.851. The van der Waals surface area contributed by atoms with Crippen LogP contribution in [-0.4, -0.2) is 24.1 Å². The maximum Gasteiger partial charge on any atom is 0.258 e. The van der Waals surface area contributed by atoms with Gasteiger partial charge >= 0.3 is 0 Å². The first kappa shape index (κ1) is 6.49. The fourth-order valence-corrected chi connectivity index (χ4v) is 1.23. The number of hydrogen-bond acceptors (Lipinski definition) is 2. The van der Waals surface area contributed by atoms with Gasteiger partial charge in [-0.1, -0.05) is 0 Å². The van der Waals surface area contributed by atoms with E-state index in [9.17, 15) is 0 Å². The predicted octanol–water partition coefficient (Wildman–Crippen LogP) is 1.03. The predicted molar refractivity (Wildman–Crippen MR) is 44.7 cm³/mol. The van der Waals surface area contributed by atoms with Gasteiger partial charge in [0.15, 0.2) is 5.69 Å². The standard InChI is InChI=1S/C8H10N3/c1-11(2)6-3-7-8(11)10-5-4-9-7/h3-6H,1-2H3/q+1. The van der Waals surface area contributed by atoms with Gasteiger partial charge in [-0.2, -0.15) is 0 Å². The Kier molecular flexibility index (Phi) is 1.11. The van der Waals surface area contributed by atoms with Crippen LogP contribution in [0.2, 0.25) is 0 Å². The van der Waals surface area contributed by atoms with E-state index >= 15 is 0 Å². The van der Waals surface area contributed by atoms with Crippen molar-refractivity contribution in [2.24, 2.45) is 0 Å². The molecule has 0 saturated carbocycles. The minimum absolute atomic E-state index is 0.698. The lowest BCUT2D eigenvalue weighted by atomic mass is 10.4. The highest BCUT2D eigenvalue weighted by atomic mass is 15.4. The van der Waals surface area contributed by atoms with Crippen LogP contribution in [0.4, 0.5) is 5.82 Å². The molecule has 2 heterocycles. The molecule has 0 N–H and O–H groups in total. The Balaban J connectivity index is 2.64. The molecule has 0 spiro atoms. The molecule has 0 unspecified atom stereocenters. The highest BCUT2D eigenvalue weighted by molar-refractivity contribution is 5.65. The molecule has 0 amide bonds. The minimum Gasteiger partial charge on any atom is -0.251 e. The summed E-state index contributed by atoms with van der Waals surface area (Å²) in [5.74, 6) is 1.02. The van der Waals surface area contributed by atoms with Crippen LogP contribution >= 0.6 is 0 Å². The average Bonchev–Trinajstić information content (AvgIpc) is 2.29. The summed E-state index contributed by atoms with van der Waals surface area (Å²) in [4.78, 5) is 8.45. The van der Waals surface area contributed by atoms with E-state index in [1.807, 2.05) is 6.08 Å². The monoisotopic (exact) mass is 148 g/mol. The molecule has 0 aromatic carbocycles. The second-order valence-electron chi connectivity index (χ2n) is 3.12. The summed E-state index contributed by atoms with van der Waals surface area (Å²) in [5.41, 5.74) is 0.984. The van der Waals surface area contributed by atoms with Crippen molar-refractivity contribution >= 4 is 11.9 Å². The van der Waals surface area contributed by atoms with Crippen LogP contribution in [0.5, 0.6) is 0 Å². The van der Waals surface area contributed by atoms with Gasteiger partial charge in [0.05, 0.1) is 20.3 Å². The van der Waals surface area contributed by atoms with E-state index in [1.165, 1.54) is 0 Å². The van der Waals surface area contributed by atoms with E-state index < -0.39 is 0 Å². The molecule has 0 saturated heterocycles. The third-order valence-corrected chi connectivity index (χ3v) is 1.86. The number of aromatic nitrogens is 2. The summed E-state index contributed by atoms with van der Waals surface area (Å²) in [6.45, 7) is 0. The molecule has 3 heteroatoms. The average molecular weight is 148 g/mol. The molecule has 1 aliphatic heterocycles. The molecule has 0 fully saturated rings. The smallest absolute Gasteiger partial charge is 0.251 e. The topological polar surface area (TPSA) is 25.8 Å². The Morgan fingerprint density at radius 3 is 2.64 bits per heavy atom. The van der Waals surface area contributed by atoms with Gasteiger partial charge < -0.3 is 0 Å². The maximum absolute atomic E-state index is 4.26.